The third kappa shape index (κ3) is 5.50. The highest BCUT2D eigenvalue weighted by atomic mass is 16.6. The fourth-order valence-electron chi connectivity index (χ4n) is 3.04. The highest BCUT2D eigenvalue weighted by Crippen LogP contribution is 2.18. The van der Waals surface area contributed by atoms with E-state index < -0.39 is 16.8 Å². The number of hydrogen-bond donors (Lipinski definition) is 1. The van der Waals surface area contributed by atoms with Gasteiger partial charge in [-0.2, -0.15) is 0 Å². The Balaban J connectivity index is 1.98. The Kier molecular flexibility index (Phi) is 6.86. The van der Waals surface area contributed by atoms with Crippen molar-refractivity contribution in [3.63, 3.8) is 0 Å². The molecule has 1 N–H and O–H groups in total. The molecule has 146 valence electrons. The second-order valence-corrected chi connectivity index (χ2v) is 6.61. The minimum atomic E-state index is -0.776. The summed E-state index contributed by atoms with van der Waals surface area (Å²) in [4.78, 5) is 48.3. The molecular formula is C18H23N3O6. The van der Waals surface area contributed by atoms with Crippen LogP contribution in [0.15, 0.2) is 18.2 Å². The van der Waals surface area contributed by atoms with Gasteiger partial charge in [-0.05, 0) is 24.8 Å². The predicted octanol–water partition coefficient (Wildman–Crippen LogP) is 1.76. The Hall–Kier alpha value is -2.97. The Bertz CT molecular complexity index is 749. The number of rotatable bonds is 6. The van der Waals surface area contributed by atoms with Gasteiger partial charge in [-0.15, -0.1) is 0 Å². The number of nitro groups is 1. The highest BCUT2D eigenvalue weighted by Gasteiger charge is 2.21. The van der Waals surface area contributed by atoms with Gasteiger partial charge in [-0.3, -0.25) is 19.7 Å². The molecule has 2 amide bonds. The quantitative estimate of drug-likeness (QED) is 0.458. The number of nitrogens with zero attached hydrogens (tertiary/aromatic N) is 2. The highest BCUT2D eigenvalue weighted by molar-refractivity contribution is 5.99. The van der Waals surface area contributed by atoms with Crippen molar-refractivity contribution >= 4 is 23.5 Å². The first-order valence-corrected chi connectivity index (χ1v) is 8.75. The molecule has 0 radical (unpaired) electrons. The fourth-order valence-corrected chi connectivity index (χ4v) is 3.04. The van der Waals surface area contributed by atoms with E-state index in [4.69, 9.17) is 0 Å². The molecule has 0 aromatic heterocycles. The molecule has 1 aromatic carbocycles. The van der Waals surface area contributed by atoms with Crippen molar-refractivity contribution in [1.29, 1.82) is 0 Å². The van der Waals surface area contributed by atoms with Crippen molar-refractivity contribution in [2.24, 2.45) is 5.92 Å². The molecular weight excluding hydrogens is 354 g/mol. The van der Waals surface area contributed by atoms with Gasteiger partial charge in [0.05, 0.1) is 17.6 Å². The number of benzene rings is 1. The summed E-state index contributed by atoms with van der Waals surface area (Å²) in [5, 5.41) is 13.6. The monoisotopic (exact) mass is 377 g/mol. The van der Waals surface area contributed by atoms with Crippen LogP contribution in [0, 0.1) is 16.0 Å². The number of likely N-dealkylation sites (tertiary alicyclic amines) is 1. The number of carbonyl (C=O) groups is 3. The van der Waals surface area contributed by atoms with Crippen LogP contribution in [0.25, 0.3) is 0 Å². The largest absolute Gasteiger partial charge is 0.465 e. The summed E-state index contributed by atoms with van der Waals surface area (Å²) in [5.41, 5.74) is -0.514. The lowest BCUT2D eigenvalue weighted by atomic mass is 10.00. The van der Waals surface area contributed by atoms with Gasteiger partial charge in [0.2, 0.25) is 5.91 Å². The van der Waals surface area contributed by atoms with Gasteiger partial charge in [-0.25, -0.2) is 4.79 Å². The van der Waals surface area contributed by atoms with Crippen LogP contribution in [0.1, 0.15) is 46.9 Å². The molecule has 27 heavy (non-hydrogen) atoms. The number of carbonyl (C=O) groups excluding carboxylic acids is 3. The first-order valence-electron chi connectivity index (χ1n) is 8.75. The third-order valence-corrected chi connectivity index (χ3v) is 4.45. The predicted molar refractivity (Wildman–Crippen MR) is 96.4 cm³/mol. The molecule has 0 bridgehead atoms. The first-order chi connectivity index (χ1) is 12.8. The molecule has 2 rings (SSSR count). The summed E-state index contributed by atoms with van der Waals surface area (Å²) in [5.74, 6) is -0.930. The van der Waals surface area contributed by atoms with Crippen LogP contribution >= 0.6 is 0 Å². The van der Waals surface area contributed by atoms with Crippen LogP contribution in [0.2, 0.25) is 0 Å². The van der Waals surface area contributed by atoms with E-state index in [1.54, 1.807) is 4.90 Å². The van der Waals surface area contributed by atoms with Crippen LogP contribution in [-0.4, -0.2) is 54.4 Å². The number of hydrogen-bond acceptors (Lipinski definition) is 6. The second kappa shape index (κ2) is 9.11. The average Bonchev–Trinajstić information content (AvgIpc) is 2.66. The third-order valence-electron chi connectivity index (χ3n) is 4.45. The zero-order chi connectivity index (χ0) is 20.0. The maximum atomic E-state index is 12.3. The Morgan fingerprint density at radius 2 is 2.00 bits per heavy atom. The maximum absolute atomic E-state index is 12.3. The molecule has 1 unspecified atom stereocenters. The minimum Gasteiger partial charge on any atom is -0.465 e. The van der Waals surface area contributed by atoms with E-state index in [1.807, 2.05) is 0 Å². The Morgan fingerprint density at radius 1 is 1.30 bits per heavy atom. The van der Waals surface area contributed by atoms with Gasteiger partial charge in [0.25, 0.3) is 11.6 Å². The van der Waals surface area contributed by atoms with Gasteiger partial charge < -0.3 is 15.0 Å². The SMILES string of the molecule is COC(=O)c1cc(C(=O)NCCC(=O)N2CCCC(C)C2)cc([N+](=O)[O-])c1. The van der Waals surface area contributed by atoms with Crippen molar-refractivity contribution in [3.05, 3.63) is 39.4 Å². The zero-order valence-electron chi connectivity index (χ0n) is 15.4. The summed E-state index contributed by atoms with van der Waals surface area (Å²) in [6, 6.07) is 3.35. The second-order valence-electron chi connectivity index (χ2n) is 6.61. The van der Waals surface area contributed by atoms with Crippen molar-refractivity contribution < 1.29 is 24.0 Å². The number of amides is 2. The van der Waals surface area contributed by atoms with Crippen LogP contribution in [0.3, 0.4) is 0 Å². The van der Waals surface area contributed by atoms with Crippen molar-refractivity contribution in [3.8, 4) is 0 Å². The van der Waals surface area contributed by atoms with E-state index in [-0.39, 0.29) is 35.7 Å². The number of esters is 1. The van der Waals surface area contributed by atoms with Crippen molar-refractivity contribution in [2.45, 2.75) is 26.2 Å². The van der Waals surface area contributed by atoms with E-state index in [1.165, 1.54) is 6.07 Å². The molecule has 1 aliphatic rings. The van der Waals surface area contributed by atoms with Crippen molar-refractivity contribution in [2.75, 3.05) is 26.7 Å². The molecule has 0 spiro atoms. The van der Waals surface area contributed by atoms with E-state index in [9.17, 15) is 24.5 Å². The van der Waals surface area contributed by atoms with Crippen LogP contribution < -0.4 is 5.32 Å². The molecule has 9 heteroatoms. The van der Waals surface area contributed by atoms with E-state index in [0.29, 0.717) is 5.92 Å². The smallest absolute Gasteiger partial charge is 0.338 e. The van der Waals surface area contributed by atoms with Gasteiger partial charge in [0, 0.05) is 43.8 Å². The maximum Gasteiger partial charge on any atom is 0.338 e. The number of ether oxygens (including phenoxy) is 1. The lowest BCUT2D eigenvalue weighted by molar-refractivity contribution is -0.384. The van der Waals surface area contributed by atoms with Gasteiger partial charge >= 0.3 is 5.97 Å². The number of piperidine rings is 1. The van der Waals surface area contributed by atoms with E-state index in [2.05, 4.69) is 17.0 Å². The Morgan fingerprint density at radius 3 is 2.63 bits per heavy atom. The topological polar surface area (TPSA) is 119 Å². The molecule has 0 aliphatic carbocycles. The molecule has 0 saturated carbocycles. The van der Waals surface area contributed by atoms with Crippen LogP contribution in [0.5, 0.6) is 0 Å². The molecule has 1 aliphatic heterocycles. The molecule has 1 fully saturated rings. The number of nitrogens with one attached hydrogen (secondary N) is 1. The summed E-state index contributed by atoms with van der Waals surface area (Å²) >= 11 is 0. The summed E-state index contributed by atoms with van der Waals surface area (Å²) in [6.07, 6.45) is 2.23. The normalized spacial score (nSPS) is 16.5. The molecule has 1 saturated heterocycles. The lowest BCUT2D eigenvalue weighted by Gasteiger charge is -2.31. The fraction of sp³-hybridized carbons (Fsp3) is 0.500. The van der Waals surface area contributed by atoms with Crippen LogP contribution in [0.4, 0.5) is 5.69 Å². The van der Waals surface area contributed by atoms with Gasteiger partial charge in [-0.1, -0.05) is 6.92 Å². The lowest BCUT2D eigenvalue weighted by Crippen LogP contribution is -2.40. The standard InChI is InChI=1S/C18H23N3O6/c1-12-4-3-7-20(11-12)16(22)5-6-19-17(23)13-8-14(18(24)27-2)10-15(9-13)21(25)26/h8-10,12H,3-7,11H2,1-2H3,(H,19,23). The summed E-state index contributed by atoms with van der Waals surface area (Å²) < 4.78 is 4.55. The number of nitro benzene ring substituents is 1. The molecule has 1 atom stereocenters. The van der Waals surface area contributed by atoms with Crippen LogP contribution in [-0.2, 0) is 9.53 Å². The molecule has 9 nitrogen and oxygen atoms in total. The van der Waals surface area contributed by atoms with E-state index in [0.717, 1.165) is 45.2 Å². The number of non-ortho nitro benzene ring substituents is 1. The number of methoxy groups -OCH3 is 1. The van der Waals surface area contributed by atoms with E-state index >= 15 is 0 Å². The summed E-state index contributed by atoms with van der Waals surface area (Å²) in [7, 11) is 1.15. The molecule has 1 aromatic rings. The Labute approximate surface area is 156 Å². The van der Waals surface area contributed by atoms with Gasteiger partial charge in [0.1, 0.15) is 0 Å². The van der Waals surface area contributed by atoms with Gasteiger partial charge in [0.15, 0.2) is 0 Å². The van der Waals surface area contributed by atoms with Crippen molar-refractivity contribution in [1.82, 2.24) is 10.2 Å². The first kappa shape index (κ1) is 20.3. The summed E-state index contributed by atoms with van der Waals surface area (Å²) in [6.45, 7) is 3.66. The zero-order valence-corrected chi connectivity index (χ0v) is 15.4. The minimum absolute atomic E-state index is 0.0313. The average molecular weight is 377 g/mol. The molecule has 1 heterocycles.